The van der Waals surface area contributed by atoms with Crippen molar-refractivity contribution >= 4 is 27.5 Å². The Bertz CT molecular complexity index is 474. The number of rotatable bonds is 5. The van der Waals surface area contributed by atoms with Gasteiger partial charge in [0.25, 0.3) is 5.91 Å². The van der Waals surface area contributed by atoms with Crippen LogP contribution in [0.15, 0.2) is 22.7 Å². The lowest BCUT2D eigenvalue weighted by Gasteiger charge is -2.24. The third-order valence-corrected chi connectivity index (χ3v) is 4.53. The number of amides is 1. The van der Waals surface area contributed by atoms with Gasteiger partial charge in [-0.25, -0.2) is 0 Å². The third kappa shape index (κ3) is 3.48. The number of nitrogen functional groups attached to an aromatic ring is 1. The normalized spacial score (nSPS) is 16.4. The predicted octanol–water partition coefficient (Wildman–Crippen LogP) is 2.24. The molecular weight excluding hydrogens is 306 g/mol. The van der Waals surface area contributed by atoms with E-state index >= 15 is 0 Å². The molecule has 5 heteroatoms. The Morgan fingerprint density at radius 3 is 2.89 bits per heavy atom. The van der Waals surface area contributed by atoms with Crippen molar-refractivity contribution in [3.8, 4) is 0 Å². The molecule has 1 aliphatic rings. The van der Waals surface area contributed by atoms with Crippen LogP contribution >= 0.6 is 15.9 Å². The predicted molar refractivity (Wildman–Crippen MR) is 81.1 cm³/mol. The lowest BCUT2D eigenvalue weighted by Crippen LogP contribution is -2.41. The minimum atomic E-state index is -0.0878. The number of hydrogen-bond donors (Lipinski definition) is 2. The van der Waals surface area contributed by atoms with Crippen LogP contribution in [-0.2, 0) is 0 Å². The molecule has 1 unspecified atom stereocenters. The molecule has 2 rings (SSSR count). The number of carbonyl (C=O) groups is 1. The van der Waals surface area contributed by atoms with E-state index in [0.29, 0.717) is 34.4 Å². The van der Waals surface area contributed by atoms with Crippen LogP contribution < -0.4 is 11.1 Å². The molecule has 3 N–H and O–H groups in total. The number of carbonyl (C=O) groups excluding carboxylic acids is 1. The maximum Gasteiger partial charge on any atom is 0.252 e. The van der Waals surface area contributed by atoms with Crippen molar-refractivity contribution in [3.05, 3.63) is 28.2 Å². The minimum absolute atomic E-state index is 0.0878. The molecule has 4 nitrogen and oxygen atoms in total. The summed E-state index contributed by atoms with van der Waals surface area (Å²) >= 11 is 3.35. The van der Waals surface area contributed by atoms with Gasteiger partial charge in [0.2, 0.25) is 0 Å². The Balaban J connectivity index is 1.92. The summed E-state index contributed by atoms with van der Waals surface area (Å²) in [6.07, 6.45) is 2.55. The highest BCUT2D eigenvalue weighted by Crippen LogP contribution is 2.27. The van der Waals surface area contributed by atoms with Gasteiger partial charge >= 0.3 is 0 Å². The highest BCUT2D eigenvalue weighted by Gasteiger charge is 2.29. The molecule has 0 radical (unpaired) electrons. The summed E-state index contributed by atoms with van der Waals surface area (Å²) in [6.45, 7) is 2.78. The second-order valence-electron chi connectivity index (χ2n) is 5.16. The van der Waals surface area contributed by atoms with Crippen molar-refractivity contribution in [2.45, 2.75) is 31.8 Å². The van der Waals surface area contributed by atoms with Crippen molar-refractivity contribution in [2.24, 2.45) is 0 Å². The molecule has 1 saturated carbocycles. The van der Waals surface area contributed by atoms with Crippen molar-refractivity contribution in [1.29, 1.82) is 0 Å². The van der Waals surface area contributed by atoms with E-state index in [0.717, 1.165) is 0 Å². The first-order valence-corrected chi connectivity index (χ1v) is 7.34. The molecule has 1 aromatic carbocycles. The smallest absolute Gasteiger partial charge is 0.252 e. The second-order valence-corrected chi connectivity index (χ2v) is 5.96. The number of nitrogens with two attached hydrogens (primary N) is 1. The molecule has 0 aliphatic heterocycles. The van der Waals surface area contributed by atoms with Gasteiger partial charge in [-0.3, -0.25) is 9.69 Å². The highest BCUT2D eigenvalue weighted by atomic mass is 79.9. The van der Waals surface area contributed by atoms with Crippen LogP contribution in [0.4, 0.5) is 5.69 Å². The van der Waals surface area contributed by atoms with Gasteiger partial charge in [0.05, 0.1) is 10.0 Å². The summed E-state index contributed by atoms with van der Waals surface area (Å²) in [5.41, 5.74) is 6.94. The first-order valence-electron chi connectivity index (χ1n) is 6.55. The maximum atomic E-state index is 12.1. The number of nitrogens with one attached hydrogen (secondary N) is 1. The molecule has 1 aliphatic carbocycles. The van der Waals surface area contributed by atoms with E-state index < -0.39 is 0 Å². The number of hydrogen-bond acceptors (Lipinski definition) is 3. The van der Waals surface area contributed by atoms with Gasteiger partial charge in [-0.1, -0.05) is 6.07 Å². The molecule has 1 amide bonds. The highest BCUT2D eigenvalue weighted by molar-refractivity contribution is 9.10. The zero-order valence-corrected chi connectivity index (χ0v) is 12.9. The van der Waals surface area contributed by atoms with Crippen LogP contribution in [0, 0.1) is 0 Å². The molecule has 0 spiro atoms. The fourth-order valence-corrected chi connectivity index (χ4v) is 2.49. The van der Waals surface area contributed by atoms with Crippen LogP contribution in [0.1, 0.15) is 30.1 Å². The monoisotopic (exact) mass is 325 g/mol. The van der Waals surface area contributed by atoms with Gasteiger partial charge < -0.3 is 11.1 Å². The number of benzene rings is 1. The molecule has 0 bridgehead atoms. The molecule has 1 atom stereocenters. The number of likely N-dealkylation sites (N-methyl/N-ethyl adjacent to an activating group) is 1. The Morgan fingerprint density at radius 2 is 2.26 bits per heavy atom. The number of halogens is 1. The first kappa shape index (κ1) is 14.3. The van der Waals surface area contributed by atoms with Gasteiger partial charge in [0.15, 0.2) is 0 Å². The summed E-state index contributed by atoms with van der Waals surface area (Å²) in [5, 5.41) is 2.96. The lowest BCUT2D eigenvalue weighted by atomic mass is 10.2. The van der Waals surface area contributed by atoms with Gasteiger partial charge in [0.1, 0.15) is 0 Å². The molecule has 1 aromatic rings. The summed E-state index contributed by atoms with van der Waals surface area (Å²) in [7, 11) is 2.12. The van der Waals surface area contributed by atoms with Crippen molar-refractivity contribution < 1.29 is 4.79 Å². The maximum absolute atomic E-state index is 12.1. The molecule has 0 aromatic heterocycles. The van der Waals surface area contributed by atoms with Gasteiger partial charge in [-0.15, -0.1) is 0 Å². The Labute approximate surface area is 122 Å². The SMILES string of the molecule is CC(CNC(=O)c1cccc(N)c1Br)N(C)C1CC1. The summed E-state index contributed by atoms with van der Waals surface area (Å²) in [6, 6.07) is 6.37. The van der Waals surface area contributed by atoms with E-state index in [-0.39, 0.29) is 5.91 Å². The third-order valence-electron chi connectivity index (χ3n) is 3.65. The van der Waals surface area contributed by atoms with Crippen LogP contribution in [-0.4, -0.2) is 36.5 Å². The van der Waals surface area contributed by atoms with E-state index in [4.69, 9.17) is 5.73 Å². The largest absolute Gasteiger partial charge is 0.398 e. The van der Waals surface area contributed by atoms with E-state index in [9.17, 15) is 4.79 Å². The molecule has 0 saturated heterocycles. The van der Waals surface area contributed by atoms with Gasteiger partial charge in [0, 0.05) is 24.3 Å². The van der Waals surface area contributed by atoms with Crippen molar-refractivity contribution in [2.75, 3.05) is 19.3 Å². The van der Waals surface area contributed by atoms with Crippen LogP contribution in [0.3, 0.4) is 0 Å². The standard InChI is InChI=1S/C14H20BrN3O/c1-9(18(2)10-6-7-10)8-17-14(19)11-4-3-5-12(16)13(11)15/h3-5,9-10H,6-8,16H2,1-2H3,(H,17,19). The zero-order chi connectivity index (χ0) is 14.0. The quantitative estimate of drug-likeness (QED) is 0.816. The fraction of sp³-hybridized carbons (Fsp3) is 0.500. The van der Waals surface area contributed by atoms with Gasteiger partial charge in [-0.05, 0) is 54.9 Å². The Morgan fingerprint density at radius 1 is 1.58 bits per heavy atom. The molecular formula is C14H20BrN3O. The zero-order valence-electron chi connectivity index (χ0n) is 11.3. The average Bonchev–Trinajstić information content (AvgIpc) is 3.22. The van der Waals surface area contributed by atoms with E-state index in [1.54, 1.807) is 18.2 Å². The van der Waals surface area contributed by atoms with E-state index in [2.05, 4.69) is 40.1 Å². The topological polar surface area (TPSA) is 58.4 Å². The summed E-state index contributed by atoms with van der Waals surface area (Å²) in [4.78, 5) is 14.4. The van der Waals surface area contributed by atoms with Crippen LogP contribution in [0.25, 0.3) is 0 Å². The molecule has 1 fully saturated rings. The average molecular weight is 326 g/mol. The molecule has 0 heterocycles. The summed E-state index contributed by atoms with van der Waals surface area (Å²) < 4.78 is 0.663. The molecule has 104 valence electrons. The van der Waals surface area contributed by atoms with E-state index in [1.807, 2.05) is 0 Å². The summed E-state index contributed by atoms with van der Waals surface area (Å²) in [5.74, 6) is -0.0878. The molecule has 19 heavy (non-hydrogen) atoms. The van der Waals surface area contributed by atoms with Crippen LogP contribution in [0.5, 0.6) is 0 Å². The fourth-order valence-electron chi connectivity index (χ4n) is 2.05. The Kier molecular flexibility index (Phi) is 4.47. The van der Waals surface area contributed by atoms with Crippen molar-refractivity contribution in [3.63, 3.8) is 0 Å². The first-order chi connectivity index (χ1) is 9.00. The minimum Gasteiger partial charge on any atom is -0.398 e. The number of anilines is 1. The van der Waals surface area contributed by atoms with E-state index in [1.165, 1.54) is 12.8 Å². The lowest BCUT2D eigenvalue weighted by molar-refractivity contribution is 0.0939. The van der Waals surface area contributed by atoms with Crippen molar-refractivity contribution in [1.82, 2.24) is 10.2 Å². The van der Waals surface area contributed by atoms with Gasteiger partial charge in [-0.2, -0.15) is 0 Å². The van der Waals surface area contributed by atoms with Crippen LogP contribution in [0.2, 0.25) is 0 Å². The number of nitrogens with zero attached hydrogens (tertiary/aromatic N) is 1. The Hall–Kier alpha value is -1.07. The second kappa shape index (κ2) is 5.92.